The lowest BCUT2D eigenvalue weighted by Gasteiger charge is -2.09. The van der Waals surface area contributed by atoms with Gasteiger partial charge in [-0.25, -0.2) is 4.79 Å². The van der Waals surface area contributed by atoms with E-state index in [1.807, 2.05) is 13.8 Å². The van der Waals surface area contributed by atoms with Crippen molar-refractivity contribution in [3.8, 4) is 0 Å². The van der Waals surface area contributed by atoms with Gasteiger partial charge in [0, 0.05) is 11.3 Å². The van der Waals surface area contributed by atoms with Gasteiger partial charge in [-0.3, -0.25) is 4.79 Å². The molecule has 0 unspecified atom stereocenters. The van der Waals surface area contributed by atoms with Gasteiger partial charge in [0.05, 0.1) is 34.8 Å². The fourth-order valence-electron chi connectivity index (χ4n) is 2.01. The van der Waals surface area contributed by atoms with E-state index >= 15 is 0 Å². The number of benzene rings is 1. The SMILES string of the molecule is COC(=O)c1ccc(Cl)c(NC(=O)CSCc2c(C)noc2C)c1. The molecule has 1 amide bonds. The van der Waals surface area contributed by atoms with E-state index in [1.54, 1.807) is 6.07 Å². The topological polar surface area (TPSA) is 81.4 Å². The first-order valence-electron chi connectivity index (χ1n) is 7.09. The zero-order valence-electron chi connectivity index (χ0n) is 13.5. The number of anilines is 1. The summed E-state index contributed by atoms with van der Waals surface area (Å²) in [4.78, 5) is 23.6. The Kier molecular flexibility index (Phi) is 6.28. The van der Waals surface area contributed by atoms with E-state index in [0.717, 1.165) is 17.0 Å². The van der Waals surface area contributed by atoms with Crippen LogP contribution in [0.1, 0.15) is 27.4 Å². The monoisotopic (exact) mass is 368 g/mol. The maximum absolute atomic E-state index is 12.1. The summed E-state index contributed by atoms with van der Waals surface area (Å²) in [5.41, 5.74) is 2.52. The van der Waals surface area contributed by atoms with Crippen molar-refractivity contribution in [2.45, 2.75) is 19.6 Å². The first-order chi connectivity index (χ1) is 11.4. The Hall–Kier alpha value is -1.99. The van der Waals surface area contributed by atoms with E-state index in [0.29, 0.717) is 22.0 Å². The molecule has 6 nitrogen and oxygen atoms in total. The van der Waals surface area contributed by atoms with Crippen molar-refractivity contribution in [2.24, 2.45) is 0 Å². The minimum absolute atomic E-state index is 0.212. The van der Waals surface area contributed by atoms with Crippen LogP contribution in [0, 0.1) is 13.8 Å². The standard InChI is InChI=1S/C16H17ClN2O4S/c1-9-12(10(2)23-19-9)7-24-8-15(20)18-14-6-11(16(21)22-3)4-5-13(14)17/h4-6H,7-8H2,1-3H3,(H,18,20). The second kappa shape index (κ2) is 8.21. The Morgan fingerprint density at radius 2 is 2.12 bits per heavy atom. The van der Waals surface area contributed by atoms with Crippen LogP contribution in [0.4, 0.5) is 5.69 Å². The lowest BCUT2D eigenvalue weighted by Crippen LogP contribution is -2.15. The fraction of sp³-hybridized carbons (Fsp3) is 0.312. The molecular weight excluding hydrogens is 352 g/mol. The Bertz CT molecular complexity index is 741. The molecular formula is C16H17ClN2O4S. The van der Waals surface area contributed by atoms with E-state index in [1.165, 1.54) is 31.0 Å². The molecule has 0 aliphatic rings. The Morgan fingerprint density at radius 3 is 2.75 bits per heavy atom. The molecule has 1 aromatic carbocycles. The van der Waals surface area contributed by atoms with Gasteiger partial charge in [-0.2, -0.15) is 0 Å². The number of aromatic nitrogens is 1. The summed E-state index contributed by atoms with van der Waals surface area (Å²) in [6, 6.07) is 4.57. The Labute approximate surface area is 148 Å². The van der Waals surface area contributed by atoms with Crippen molar-refractivity contribution < 1.29 is 18.8 Å². The third-order valence-corrected chi connectivity index (χ3v) is 4.61. The highest BCUT2D eigenvalue weighted by Gasteiger charge is 2.13. The summed E-state index contributed by atoms with van der Waals surface area (Å²) < 4.78 is 9.74. The molecule has 0 saturated carbocycles. The predicted molar refractivity (Wildman–Crippen MR) is 93.6 cm³/mol. The minimum Gasteiger partial charge on any atom is -0.465 e. The van der Waals surface area contributed by atoms with E-state index in [-0.39, 0.29) is 11.7 Å². The van der Waals surface area contributed by atoms with Crippen LogP contribution in [0.15, 0.2) is 22.7 Å². The van der Waals surface area contributed by atoms with Crippen molar-refractivity contribution in [1.29, 1.82) is 0 Å². The molecule has 2 aromatic rings. The van der Waals surface area contributed by atoms with Gasteiger partial charge in [0.1, 0.15) is 5.76 Å². The third-order valence-electron chi connectivity index (χ3n) is 3.32. The van der Waals surface area contributed by atoms with Crippen molar-refractivity contribution in [3.05, 3.63) is 45.8 Å². The van der Waals surface area contributed by atoms with Crippen molar-refractivity contribution in [3.63, 3.8) is 0 Å². The van der Waals surface area contributed by atoms with Crippen LogP contribution in [0.3, 0.4) is 0 Å². The number of amides is 1. The zero-order valence-corrected chi connectivity index (χ0v) is 15.1. The predicted octanol–water partition coefficient (Wildman–Crippen LogP) is 3.60. The van der Waals surface area contributed by atoms with Crippen LogP contribution in [-0.4, -0.2) is 29.9 Å². The van der Waals surface area contributed by atoms with Gasteiger partial charge in [0.2, 0.25) is 5.91 Å². The molecule has 0 atom stereocenters. The van der Waals surface area contributed by atoms with Crippen LogP contribution in [-0.2, 0) is 15.3 Å². The Balaban J connectivity index is 1.94. The number of methoxy groups -OCH3 is 1. The van der Waals surface area contributed by atoms with Crippen molar-refractivity contribution in [1.82, 2.24) is 5.16 Å². The largest absolute Gasteiger partial charge is 0.465 e. The number of halogens is 1. The number of carbonyl (C=O) groups excluding carboxylic acids is 2. The molecule has 0 saturated heterocycles. The molecule has 0 aliphatic carbocycles. The molecule has 0 fully saturated rings. The summed E-state index contributed by atoms with van der Waals surface area (Å²) in [5.74, 6) is 0.924. The van der Waals surface area contributed by atoms with Crippen molar-refractivity contribution in [2.75, 3.05) is 18.2 Å². The summed E-state index contributed by atoms with van der Waals surface area (Å²) in [6.45, 7) is 3.71. The lowest BCUT2D eigenvalue weighted by molar-refractivity contribution is -0.113. The molecule has 1 N–H and O–H groups in total. The molecule has 1 aromatic heterocycles. The number of nitrogens with one attached hydrogen (secondary N) is 1. The van der Waals surface area contributed by atoms with Crippen LogP contribution in [0.25, 0.3) is 0 Å². The lowest BCUT2D eigenvalue weighted by atomic mass is 10.2. The summed E-state index contributed by atoms with van der Waals surface area (Å²) >= 11 is 7.49. The second-order valence-electron chi connectivity index (χ2n) is 5.03. The van der Waals surface area contributed by atoms with E-state index in [2.05, 4.69) is 15.2 Å². The fourth-order valence-corrected chi connectivity index (χ4v) is 3.15. The second-order valence-corrected chi connectivity index (χ2v) is 6.42. The van der Waals surface area contributed by atoms with Gasteiger partial charge in [-0.05, 0) is 32.0 Å². The van der Waals surface area contributed by atoms with E-state index in [4.69, 9.17) is 16.1 Å². The van der Waals surface area contributed by atoms with Crippen LogP contribution in [0.5, 0.6) is 0 Å². The average molecular weight is 369 g/mol. The molecule has 8 heteroatoms. The van der Waals surface area contributed by atoms with Gasteiger partial charge in [0.15, 0.2) is 0 Å². The van der Waals surface area contributed by atoms with Crippen LogP contribution in [0.2, 0.25) is 5.02 Å². The summed E-state index contributed by atoms with van der Waals surface area (Å²) in [6.07, 6.45) is 0. The van der Waals surface area contributed by atoms with Crippen LogP contribution >= 0.6 is 23.4 Å². The summed E-state index contributed by atoms with van der Waals surface area (Å²) in [7, 11) is 1.29. The first-order valence-corrected chi connectivity index (χ1v) is 8.63. The number of carbonyl (C=O) groups is 2. The highest BCUT2D eigenvalue weighted by Crippen LogP contribution is 2.24. The highest BCUT2D eigenvalue weighted by molar-refractivity contribution is 7.99. The molecule has 128 valence electrons. The number of hydrogen-bond donors (Lipinski definition) is 1. The molecule has 0 bridgehead atoms. The number of thioether (sulfide) groups is 1. The van der Waals surface area contributed by atoms with Crippen molar-refractivity contribution >= 4 is 40.9 Å². The van der Waals surface area contributed by atoms with Gasteiger partial charge in [0.25, 0.3) is 0 Å². The molecule has 24 heavy (non-hydrogen) atoms. The van der Waals surface area contributed by atoms with Gasteiger partial charge in [-0.1, -0.05) is 16.8 Å². The zero-order chi connectivity index (χ0) is 17.7. The first kappa shape index (κ1) is 18.4. The van der Waals surface area contributed by atoms with Gasteiger partial charge >= 0.3 is 5.97 Å². The maximum atomic E-state index is 12.1. The summed E-state index contributed by atoms with van der Waals surface area (Å²) in [5, 5.41) is 6.93. The van der Waals surface area contributed by atoms with Crippen LogP contribution < -0.4 is 5.32 Å². The van der Waals surface area contributed by atoms with E-state index in [9.17, 15) is 9.59 Å². The number of rotatable bonds is 6. The smallest absolute Gasteiger partial charge is 0.337 e. The van der Waals surface area contributed by atoms with Gasteiger partial charge in [-0.15, -0.1) is 11.8 Å². The van der Waals surface area contributed by atoms with Gasteiger partial charge < -0.3 is 14.6 Å². The molecule has 0 aliphatic heterocycles. The molecule has 0 radical (unpaired) electrons. The number of nitrogens with zero attached hydrogens (tertiary/aromatic N) is 1. The molecule has 2 rings (SSSR count). The minimum atomic E-state index is -0.491. The number of hydrogen-bond acceptors (Lipinski definition) is 6. The third kappa shape index (κ3) is 4.52. The number of esters is 1. The maximum Gasteiger partial charge on any atom is 0.337 e. The highest BCUT2D eigenvalue weighted by atomic mass is 35.5. The number of aryl methyl sites for hydroxylation is 2. The quantitative estimate of drug-likeness (QED) is 0.784. The molecule has 0 spiro atoms. The normalized spacial score (nSPS) is 10.5. The van der Waals surface area contributed by atoms with E-state index < -0.39 is 5.97 Å². The number of ether oxygens (including phenoxy) is 1. The average Bonchev–Trinajstić information content (AvgIpc) is 2.88. The Morgan fingerprint density at radius 1 is 1.38 bits per heavy atom. The molecule has 1 heterocycles.